The van der Waals surface area contributed by atoms with Crippen molar-refractivity contribution in [3.05, 3.63) is 47.1 Å². The molecule has 0 saturated carbocycles. The second-order valence-corrected chi connectivity index (χ2v) is 6.05. The minimum absolute atomic E-state index is 0.00177. The van der Waals surface area contributed by atoms with Crippen LogP contribution in [0, 0.1) is 5.92 Å². The summed E-state index contributed by atoms with van der Waals surface area (Å²) >= 11 is 0. The maximum absolute atomic E-state index is 11.7. The summed E-state index contributed by atoms with van der Waals surface area (Å²) in [6, 6.07) is 8.52. The summed E-state index contributed by atoms with van der Waals surface area (Å²) in [5.74, 6) is 1.63. The van der Waals surface area contributed by atoms with E-state index in [0.717, 1.165) is 25.1 Å². The Labute approximate surface area is 124 Å². The predicted molar refractivity (Wildman–Crippen MR) is 79.1 cm³/mol. The quantitative estimate of drug-likeness (QED) is 0.865. The van der Waals surface area contributed by atoms with E-state index in [1.807, 2.05) is 13.8 Å². The van der Waals surface area contributed by atoms with Crippen LogP contribution in [-0.4, -0.2) is 15.9 Å². The van der Waals surface area contributed by atoms with E-state index in [9.17, 15) is 4.79 Å². The molecule has 0 N–H and O–H groups in total. The van der Waals surface area contributed by atoms with Crippen molar-refractivity contribution in [1.29, 1.82) is 0 Å². The molecule has 1 aromatic carbocycles. The largest absolute Gasteiger partial charge is 0.339 e. The number of hydrogen-bond donors (Lipinski definition) is 0. The van der Waals surface area contributed by atoms with Gasteiger partial charge in [0.1, 0.15) is 5.78 Å². The Morgan fingerprint density at radius 2 is 2.10 bits per heavy atom. The number of aromatic nitrogens is 2. The Kier molecular flexibility index (Phi) is 3.86. The Bertz CT molecular complexity index is 646. The first-order valence-electron chi connectivity index (χ1n) is 7.55. The molecule has 1 aliphatic rings. The molecule has 0 amide bonds. The van der Waals surface area contributed by atoms with Crippen molar-refractivity contribution in [3.8, 4) is 0 Å². The van der Waals surface area contributed by atoms with Gasteiger partial charge in [0, 0.05) is 11.8 Å². The van der Waals surface area contributed by atoms with Gasteiger partial charge in [0.05, 0.1) is 6.42 Å². The number of ketones is 1. The number of hydrogen-bond acceptors (Lipinski definition) is 4. The fraction of sp³-hybridized carbons (Fsp3) is 0.471. The van der Waals surface area contributed by atoms with Crippen molar-refractivity contribution in [1.82, 2.24) is 10.1 Å². The van der Waals surface area contributed by atoms with Crippen molar-refractivity contribution in [2.45, 2.75) is 45.4 Å². The SMILES string of the molecule is CC(C)C(=O)Cc1nc(C2CCc3ccccc3C2)no1. The van der Waals surface area contributed by atoms with Crippen LogP contribution >= 0.6 is 0 Å². The van der Waals surface area contributed by atoms with Crippen LogP contribution in [0.25, 0.3) is 0 Å². The lowest BCUT2D eigenvalue weighted by molar-refractivity contribution is -0.121. The van der Waals surface area contributed by atoms with Crippen molar-refractivity contribution < 1.29 is 9.32 Å². The molecule has 0 saturated heterocycles. The molecule has 21 heavy (non-hydrogen) atoms. The molecule has 110 valence electrons. The first-order chi connectivity index (χ1) is 10.1. The monoisotopic (exact) mass is 284 g/mol. The zero-order valence-electron chi connectivity index (χ0n) is 12.5. The molecular formula is C17H20N2O2. The minimum Gasteiger partial charge on any atom is -0.339 e. The molecule has 0 aliphatic heterocycles. The molecule has 2 aromatic rings. The molecule has 0 fully saturated rings. The number of carbonyl (C=O) groups excluding carboxylic acids is 1. The molecule has 0 radical (unpaired) electrons. The molecule has 1 aromatic heterocycles. The Morgan fingerprint density at radius 1 is 1.33 bits per heavy atom. The summed E-state index contributed by atoms with van der Waals surface area (Å²) in [4.78, 5) is 16.2. The third kappa shape index (κ3) is 3.04. The molecule has 1 aliphatic carbocycles. The van der Waals surface area contributed by atoms with Gasteiger partial charge in [-0.2, -0.15) is 4.98 Å². The number of Topliss-reactive ketones (excluding diaryl/α,β-unsaturated/α-hetero) is 1. The van der Waals surface area contributed by atoms with Crippen molar-refractivity contribution >= 4 is 5.78 Å². The lowest BCUT2D eigenvalue weighted by atomic mass is 9.83. The van der Waals surface area contributed by atoms with Crippen LogP contribution in [0.15, 0.2) is 28.8 Å². The lowest BCUT2D eigenvalue weighted by Crippen LogP contribution is -2.14. The van der Waals surface area contributed by atoms with E-state index in [4.69, 9.17) is 4.52 Å². The van der Waals surface area contributed by atoms with Crippen LogP contribution in [0.5, 0.6) is 0 Å². The first kappa shape index (κ1) is 14.0. The lowest BCUT2D eigenvalue weighted by Gasteiger charge is -2.21. The normalized spacial score (nSPS) is 17.8. The zero-order valence-corrected chi connectivity index (χ0v) is 12.5. The molecule has 0 bridgehead atoms. The Morgan fingerprint density at radius 3 is 2.86 bits per heavy atom. The smallest absolute Gasteiger partial charge is 0.234 e. The van der Waals surface area contributed by atoms with Gasteiger partial charge in [0.25, 0.3) is 0 Å². The molecule has 4 nitrogen and oxygen atoms in total. The van der Waals surface area contributed by atoms with Gasteiger partial charge in [-0.3, -0.25) is 4.79 Å². The van der Waals surface area contributed by atoms with E-state index < -0.39 is 0 Å². The number of benzene rings is 1. The maximum Gasteiger partial charge on any atom is 0.234 e. The van der Waals surface area contributed by atoms with Crippen LogP contribution in [-0.2, 0) is 24.1 Å². The van der Waals surface area contributed by atoms with Crippen molar-refractivity contribution in [2.24, 2.45) is 5.92 Å². The minimum atomic E-state index is 0.00177. The van der Waals surface area contributed by atoms with E-state index >= 15 is 0 Å². The van der Waals surface area contributed by atoms with Gasteiger partial charge in [0.2, 0.25) is 5.89 Å². The van der Waals surface area contributed by atoms with Gasteiger partial charge >= 0.3 is 0 Å². The third-order valence-corrected chi connectivity index (χ3v) is 4.17. The summed E-state index contributed by atoms with van der Waals surface area (Å²) < 4.78 is 5.24. The maximum atomic E-state index is 11.7. The highest BCUT2D eigenvalue weighted by Crippen LogP contribution is 2.31. The number of nitrogens with zero attached hydrogens (tertiary/aromatic N) is 2. The number of carbonyl (C=O) groups is 1. The van der Waals surface area contributed by atoms with Gasteiger partial charge in [-0.15, -0.1) is 0 Å². The molecule has 3 rings (SSSR count). The fourth-order valence-electron chi connectivity index (χ4n) is 2.78. The summed E-state index contributed by atoms with van der Waals surface area (Å²) in [5, 5.41) is 4.09. The Hall–Kier alpha value is -1.97. The number of fused-ring (bicyclic) bond motifs is 1. The number of rotatable bonds is 4. The summed E-state index contributed by atoms with van der Waals surface area (Å²) in [6.45, 7) is 3.77. The van der Waals surface area contributed by atoms with Crippen LogP contribution in [0.2, 0.25) is 0 Å². The van der Waals surface area contributed by atoms with Gasteiger partial charge in [-0.05, 0) is 30.4 Å². The topological polar surface area (TPSA) is 56.0 Å². The highest BCUT2D eigenvalue weighted by atomic mass is 16.5. The van der Waals surface area contributed by atoms with E-state index in [1.54, 1.807) is 0 Å². The van der Waals surface area contributed by atoms with Gasteiger partial charge in [-0.1, -0.05) is 43.3 Å². The zero-order chi connectivity index (χ0) is 14.8. The van der Waals surface area contributed by atoms with Gasteiger partial charge in [0.15, 0.2) is 5.82 Å². The van der Waals surface area contributed by atoms with Crippen LogP contribution < -0.4 is 0 Å². The molecule has 1 heterocycles. The summed E-state index contributed by atoms with van der Waals surface area (Å²) in [7, 11) is 0. The average molecular weight is 284 g/mol. The number of aryl methyl sites for hydroxylation is 1. The van der Waals surface area contributed by atoms with E-state index in [2.05, 4.69) is 34.4 Å². The predicted octanol–water partition coefficient (Wildman–Crippen LogP) is 3.11. The highest BCUT2D eigenvalue weighted by Gasteiger charge is 2.24. The average Bonchev–Trinajstić information content (AvgIpc) is 2.95. The van der Waals surface area contributed by atoms with E-state index in [1.165, 1.54) is 11.1 Å². The van der Waals surface area contributed by atoms with Crippen LogP contribution in [0.4, 0.5) is 0 Å². The van der Waals surface area contributed by atoms with E-state index in [-0.39, 0.29) is 18.1 Å². The Balaban J connectivity index is 1.72. The fourth-order valence-corrected chi connectivity index (χ4v) is 2.78. The van der Waals surface area contributed by atoms with Crippen LogP contribution in [0.3, 0.4) is 0 Å². The van der Waals surface area contributed by atoms with Crippen molar-refractivity contribution in [2.75, 3.05) is 0 Å². The standard InChI is InChI=1S/C17H20N2O2/c1-11(2)15(20)10-16-18-17(19-21-16)14-8-7-12-5-3-4-6-13(12)9-14/h3-6,11,14H,7-10H2,1-2H3. The molecule has 4 heteroatoms. The van der Waals surface area contributed by atoms with Crippen LogP contribution in [0.1, 0.15) is 49.0 Å². The van der Waals surface area contributed by atoms with Gasteiger partial charge < -0.3 is 4.52 Å². The third-order valence-electron chi connectivity index (χ3n) is 4.17. The summed E-state index contributed by atoms with van der Waals surface area (Å²) in [5.41, 5.74) is 2.80. The molecule has 1 atom stereocenters. The molecule has 0 spiro atoms. The molecule has 1 unspecified atom stereocenters. The molecular weight excluding hydrogens is 264 g/mol. The first-order valence-corrected chi connectivity index (χ1v) is 7.55. The second kappa shape index (κ2) is 5.80. The van der Waals surface area contributed by atoms with Gasteiger partial charge in [-0.25, -0.2) is 0 Å². The second-order valence-electron chi connectivity index (χ2n) is 6.05. The highest BCUT2D eigenvalue weighted by molar-refractivity contribution is 5.81. The summed E-state index contributed by atoms with van der Waals surface area (Å²) in [6.07, 6.45) is 3.28. The van der Waals surface area contributed by atoms with Crippen molar-refractivity contribution in [3.63, 3.8) is 0 Å². The van der Waals surface area contributed by atoms with E-state index in [0.29, 0.717) is 11.8 Å².